The van der Waals surface area contributed by atoms with Gasteiger partial charge in [-0.1, -0.05) is 52.6 Å². The zero-order valence-corrected chi connectivity index (χ0v) is 82.6. The van der Waals surface area contributed by atoms with Crippen LogP contribution in [-0.2, 0) is 162 Å². The van der Waals surface area contributed by atoms with Crippen LogP contribution >= 0.6 is 0 Å². The van der Waals surface area contributed by atoms with E-state index in [9.17, 15) is 76.7 Å². The molecule has 15 aliphatic carbocycles. The first-order valence-electron chi connectivity index (χ1n) is 50.9. The van der Waals surface area contributed by atoms with E-state index in [2.05, 4.69) is 52.6 Å². The van der Waals surface area contributed by atoms with Crippen molar-refractivity contribution in [3.05, 3.63) is 97.2 Å². The number of cyclic esters (lactones) is 7. The summed E-state index contributed by atoms with van der Waals surface area (Å²) in [6.07, 6.45) is 20.0. The van der Waals surface area contributed by atoms with E-state index in [1.165, 1.54) is 0 Å². The fourth-order valence-corrected chi connectivity index (χ4v) is 28.9. The Morgan fingerprint density at radius 2 is 0.732 bits per heavy atom. The summed E-state index contributed by atoms with van der Waals surface area (Å²) >= 11 is 0. The predicted octanol–water partition coefficient (Wildman–Crippen LogP) is 11.7. The monoisotopic (exact) mass is 1980 g/mol. The fourth-order valence-electron chi connectivity index (χ4n) is 28.9. The third kappa shape index (κ3) is 20.1. The molecule has 12 heterocycles. The van der Waals surface area contributed by atoms with Crippen molar-refractivity contribution in [3.8, 4) is 0 Å². The van der Waals surface area contributed by atoms with E-state index in [1.54, 1.807) is 55.4 Å². The molecule has 0 aromatic heterocycles. The molecule has 0 aromatic rings. The van der Waals surface area contributed by atoms with Crippen molar-refractivity contribution in [2.45, 2.75) is 295 Å². The van der Waals surface area contributed by atoms with Crippen LogP contribution in [0.3, 0.4) is 0 Å². The van der Waals surface area contributed by atoms with Crippen LogP contribution in [0.15, 0.2) is 97.2 Å². The number of ether oxygens (including phenoxy) is 18. The summed E-state index contributed by atoms with van der Waals surface area (Å²) in [5, 5.41) is 0. The van der Waals surface area contributed by atoms with Gasteiger partial charge in [-0.2, -0.15) is 0 Å². The van der Waals surface area contributed by atoms with Gasteiger partial charge in [0.05, 0.1) is 106 Å². The predicted molar refractivity (Wildman–Crippen MR) is 493 cm³/mol. The largest absolute Gasteiger partial charge is 0.465 e. The second kappa shape index (κ2) is 40.8. The van der Waals surface area contributed by atoms with Crippen LogP contribution in [0.4, 0.5) is 0 Å². The molecule has 27 aliphatic rings. The molecule has 27 rings (SSSR count). The van der Waals surface area contributed by atoms with Gasteiger partial charge in [-0.3, -0.25) is 38.4 Å². The van der Waals surface area contributed by atoms with Gasteiger partial charge in [0.2, 0.25) is 0 Å². The lowest BCUT2D eigenvalue weighted by atomic mass is 9.54. The zero-order valence-electron chi connectivity index (χ0n) is 82.6. The Kier molecular flexibility index (Phi) is 29.5. The van der Waals surface area contributed by atoms with Crippen molar-refractivity contribution < 1.29 is 162 Å². The second-order valence-corrected chi connectivity index (χ2v) is 45.4. The average molecular weight is 1980 g/mol. The van der Waals surface area contributed by atoms with Crippen LogP contribution in [-0.4, -0.2) is 221 Å². The topological polar surface area (TPSA) is 439 Å². The standard InChI is InChI=1S/C15H20O4.3C14H18O4.C13H16O5.2C13H16O4.C12H14O5/c1-9(2)14(17)19-12-5-11-4-3-10(12)6-15(11)7-13(16)18-8-15;1-8(2)13(16)18-11-4-10-3-9(11)5-14(10)6-12(15)17-7-14;1-8(2)12(15)18-11-6-10-5-9(11)7-14(10)3-4-17-13(14)16;1-7(2)13(15)18-11-5-8-3-4-9(11)10-6-17-14(16)12(8)10;1-7(2)12(15)18-8-3-10-13(4-9(8)17-10)5-11(14)16-6-13;1-6(2)12(14)17-10-4-7-3-8(10)9-5-16-13(15)11(7)9;1-6(2)12(14)16-10-7-3-4-8-9(5-7)13(15)17-11(8)10;1-5(2)11(13)17-8-3-7-9-6(10(8)16-7)4-15-12(9)14/h10-12H,1,3-8H2,2H3;2*9-11H,1,3-7H2,2H3;8-12H,1,3-6H2,2H3;8-10H,1,3-6H2,2H3;2*7-11H,1,3-5H2,2H3;6-10H,1,3-4H2,2H3. The zero-order chi connectivity index (χ0) is 102. The number of carbonyl (C=O) groups is 16. The van der Waals surface area contributed by atoms with Crippen molar-refractivity contribution >= 4 is 95.5 Å². The van der Waals surface area contributed by atoms with E-state index in [-0.39, 0.29) is 250 Å². The maximum atomic E-state index is 11.9. The first-order chi connectivity index (χ1) is 67.3. The molecule has 27 fully saturated rings. The Morgan fingerprint density at radius 3 is 1.22 bits per heavy atom. The van der Waals surface area contributed by atoms with Crippen molar-refractivity contribution in [3.63, 3.8) is 0 Å². The molecule has 18 bridgehead atoms. The lowest BCUT2D eigenvalue weighted by molar-refractivity contribution is -0.168. The van der Waals surface area contributed by atoms with E-state index in [0.717, 1.165) is 128 Å². The number of carbonyl (C=O) groups excluding carboxylic acids is 16. The van der Waals surface area contributed by atoms with E-state index < -0.39 is 5.97 Å². The Morgan fingerprint density at radius 1 is 0.303 bits per heavy atom. The van der Waals surface area contributed by atoms with Crippen LogP contribution in [0.1, 0.15) is 216 Å². The van der Waals surface area contributed by atoms with Gasteiger partial charge >= 0.3 is 95.5 Å². The first kappa shape index (κ1) is 103. The van der Waals surface area contributed by atoms with Gasteiger partial charge in [0.25, 0.3) is 0 Å². The fraction of sp³-hybridized carbons (Fsp3) is 0.704. The minimum absolute atomic E-state index is 0.00396. The summed E-state index contributed by atoms with van der Waals surface area (Å²) < 4.78 is 96.3. The number of esters is 16. The Hall–Kier alpha value is -10.6. The molecule has 4 spiro atoms. The highest BCUT2D eigenvalue weighted by Crippen LogP contribution is 2.65. The lowest BCUT2D eigenvalue weighted by Gasteiger charge is -2.51. The SMILES string of the molecule is C=C(C)C(=O)OC1C2CCC3C(C2)C(=O)OC31.C=C(C)C(=O)OC1CC2CC1C1COC(=O)C21.C=C(C)C(=O)OC1CC2CC1CC21CCOC1=O.C=C(C)C(=O)OC1CC2CC1CC21COC(=O)C1.C=C(C)C(=O)OC1CC2CCC1C1COC(=O)C21.C=C(C)C(=O)OC1CC2CCC1CC21COC(=O)C1.C=C(C)C(=O)OC1CC2OC1C1COC(=O)C21.C=C(C)C(=O)OC1CC2OC1CC21COC(=O)C1. The molecule has 142 heavy (non-hydrogen) atoms. The Balaban J connectivity index is 0.000000112. The van der Waals surface area contributed by atoms with Gasteiger partial charge in [-0.05, 0) is 231 Å². The molecule has 0 aromatic carbocycles. The molecule has 0 amide bonds. The van der Waals surface area contributed by atoms with Gasteiger partial charge in [-0.15, -0.1) is 0 Å². The summed E-state index contributed by atoms with van der Waals surface area (Å²) in [5.41, 5.74) is 3.04. The molecule has 34 heteroatoms. The molecule has 0 N–H and O–H groups in total. The molecule has 12 saturated heterocycles. The van der Waals surface area contributed by atoms with Gasteiger partial charge in [0.15, 0.2) is 0 Å². The molecular weight excluding hydrogens is 1840 g/mol. The third-order valence-electron chi connectivity index (χ3n) is 36.0. The maximum Gasteiger partial charge on any atom is 0.333 e. The molecule has 0 radical (unpaired) electrons. The van der Waals surface area contributed by atoms with Crippen molar-refractivity contribution in [2.75, 3.05) is 46.2 Å². The molecule has 36 unspecified atom stereocenters. The first-order valence-corrected chi connectivity index (χ1v) is 50.9. The summed E-state index contributed by atoms with van der Waals surface area (Å²) in [6.45, 7) is 45.4. The van der Waals surface area contributed by atoms with Gasteiger partial charge in [-0.25, -0.2) is 38.4 Å². The van der Waals surface area contributed by atoms with Gasteiger partial charge in [0, 0.05) is 115 Å². The highest BCUT2D eigenvalue weighted by atomic mass is 16.6. The second-order valence-electron chi connectivity index (χ2n) is 45.4. The molecule has 34 nitrogen and oxygen atoms in total. The van der Waals surface area contributed by atoms with Crippen LogP contribution in [0.2, 0.25) is 0 Å². The number of hydrogen-bond acceptors (Lipinski definition) is 34. The average Bonchev–Trinajstić information content (AvgIpc) is 1.56. The number of hydrogen-bond donors (Lipinski definition) is 0. The smallest absolute Gasteiger partial charge is 0.333 e. The normalized spacial score (nSPS) is 41.4. The van der Waals surface area contributed by atoms with E-state index >= 15 is 0 Å². The van der Waals surface area contributed by atoms with Crippen molar-refractivity contribution in [2.24, 2.45) is 134 Å². The van der Waals surface area contributed by atoms with Crippen molar-refractivity contribution in [1.82, 2.24) is 0 Å². The van der Waals surface area contributed by atoms with Crippen LogP contribution in [0, 0.1) is 134 Å². The molecule has 15 saturated carbocycles. The maximum absolute atomic E-state index is 11.9. The highest BCUT2D eigenvalue weighted by Gasteiger charge is 2.68. The minimum atomic E-state index is -0.395. The van der Waals surface area contributed by atoms with Crippen LogP contribution in [0.5, 0.6) is 0 Å². The van der Waals surface area contributed by atoms with E-state index in [1.807, 2.05) is 0 Å². The number of fused-ring (bicyclic) bond motifs is 24. The van der Waals surface area contributed by atoms with Gasteiger partial charge in [0.1, 0.15) is 67.6 Å². The molecule has 772 valence electrons. The Bertz CT molecular complexity index is 5070. The molecular formula is C108H136O34. The van der Waals surface area contributed by atoms with Crippen LogP contribution < -0.4 is 0 Å². The molecule has 12 aliphatic heterocycles. The Labute approximate surface area is 826 Å². The lowest BCUT2D eigenvalue weighted by Crippen LogP contribution is -2.50. The quantitative estimate of drug-likeness (QED) is 0.0786. The summed E-state index contributed by atoms with van der Waals surface area (Å²) in [5.74, 6) is 1.43. The number of rotatable bonds is 16. The van der Waals surface area contributed by atoms with Gasteiger partial charge < -0.3 is 85.3 Å². The van der Waals surface area contributed by atoms with Crippen LogP contribution in [0.25, 0.3) is 0 Å². The van der Waals surface area contributed by atoms with E-state index in [0.29, 0.717) is 176 Å². The summed E-state index contributed by atoms with van der Waals surface area (Å²) in [7, 11) is 0. The highest BCUT2D eigenvalue weighted by molar-refractivity contribution is 5.91. The van der Waals surface area contributed by atoms with E-state index in [4.69, 9.17) is 85.3 Å². The summed E-state index contributed by atoms with van der Waals surface area (Å²) in [6, 6.07) is 0. The minimum Gasteiger partial charge on any atom is -0.465 e. The van der Waals surface area contributed by atoms with Crippen molar-refractivity contribution in [1.29, 1.82) is 0 Å². The summed E-state index contributed by atoms with van der Waals surface area (Å²) in [4.78, 5) is 185. The molecule has 36 atom stereocenters. The third-order valence-corrected chi connectivity index (χ3v) is 36.0.